The van der Waals surface area contributed by atoms with Crippen molar-refractivity contribution in [3.8, 4) is 10.6 Å². The largest absolute Gasteiger partial charge is 0.434 e. The average Bonchev–Trinajstić information content (AvgIpc) is 2.83. The van der Waals surface area contributed by atoms with E-state index in [1.54, 1.807) is 24.5 Å². The summed E-state index contributed by atoms with van der Waals surface area (Å²) in [5.41, 5.74) is -0.147. The Morgan fingerprint density at radius 2 is 1.90 bits per heavy atom. The summed E-state index contributed by atoms with van der Waals surface area (Å²) < 4.78 is 39.2. The second-order valence-corrected chi connectivity index (χ2v) is 6.13. The van der Waals surface area contributed by atoms with Gasteiger partial charge in [0.15, 0.2) is 5.69 Å². The Labute approximate surface area is 125 Å². The molecule has 0 aromatic carbocycles. The normalized spacial score (nSPS) is 12.1. The molecule has 1 N–H and O–H groups in total. The highest BCUT2D eigenvalue weighted by molar-refractivity contribution is 7.15. The van der Waals surface area contributed by atoms with Crippen molar-refractivity contribution in [2.24, 2.45) is 5.92 Å². The lowest BCUT2D eigenvalue weighted by atomic mass is 10.2. The minimum absolute atomic E-state index is 0.176. The Balaban J connectivity index is 2.28. The third kappa shape index (κ3) is 4.25. The van der Waals surface area contributed by atoms with Gasteiger partial charge in [-0.25, -0.2) is 4.98 Å². The van der Waals surface area contributed by atoms with Gasteiger partial charge >= 0.3 is 6.18 Å². The maximum absolute atomic E-state index is 13.1. The molecule has 114 valence electrons. The van der Waals surface area contributed by atoms with E-state index in [9.17, 15) is 13.2 Å². The molecule has 0 unspecified atom stereocenters. The molecule has 0 atom stereocenters. The number of nitrogens with one attached hydrogen (secondary N) is 1. The van der Waals surface area contributed by atoms with Crippen LogP contribution >= 0.6 is 11.3 Å². The molecule has 0 saturated carbocycles. The van der Waals surface area contributed by atoms with Crippen LogP contribution in [-0.2, 0) is 12.7 Å². The van der Waals surface area contributed by atoms with Gasteiger partial charge in [0.1, 0.15) is 5.01 Å². The van der Waals surface area contributed by atoms with E-state index < -0.39 is 11.9 Å². The zero-order valence-electron chi connectivity index (χ0n) is 11.7. The number of pyridine rings is 1. The Hall–Kier alpha value is -1.47. The van der Waals surface area contributed by atoms with Crippen molar-refractivity contribution in [1.82, 2.24) is 15.3 Å². The van der Waals surface area contributed by atoms with Gasteiger partial charge in [0.2, 0.25) is 0 Å². The number of rotatable bonds is 5. The van der Waals surface area contributed by atoms with Gasteiger partial charge in [0.25, 0.3) is 0 Å². The molecular formula is C14H16F3N3S. The molecule has 3 nitrogen and oxygen atoms in total. The summed E-state index contributed by atoms with van der Waals surface area (Å²) in [5, 5.41) is 3.40. The quantitative estimate of drug-likeness (QED) is 0.907. The minimum Gasteiger partial charge on any atom is -0.312 e. The first-order valence-corrected chi connectivity index (χ1v) is 7.37. The summed E-state index contributed by atoms with van der Waals surface area (Å²) in [6, 6.07) is 3.31. The van der Waals surface area contributed by atoms with Crippen LogP contribution in [0.3, 0.4) is 0 Å². The van der Waals surface area contributed by atoms with Crippen molar-refractivity contribution >= 4 is 11.3 Å². The number of thiazole rings is 1. The Morgan fingerprint density at radius 1 is 1.24 bits per heavy atom. The van der Waals surface area contributed by atoms with Crippen LogP contribution < -0.4 is 5.32 Å². The van der Waals surface area contributed by atoms with Gasteiger partial charge in [-0.2, -0.15) is 13.2 Å². The predicted molar refractivity (Wildman–Crippen MR) is 76.9 cm³/mol. The Kier molecular flexibility index (Phi) is 4.95. The van der Waals surface area contributed by atoms with Crippen LogP contribution in [0.4, 0.5) is 13.2 Å². The molecule has 2 rings (SSSR count). The minimum atomic E-state index is -4.43. The summed E-state index contributed by atoms with van der Waals surface area (Å²) in [4.78, 5) is 7.85. The van der Waals surface area contributed by atoms with Crippen molar-refractivity contribution in [1.29, 1.82) is 0 Å². The van der Waals surface area contributed by atoms with E-state index in [0.717, 1.165) is 11.3 Å². The first-order valence-electron chi connectivity index (χ1n) is 6.56. The standard InChI is InChI=1S/C14H16F3N3S/c1-9(2)7-19-8-11-12(14(15,16)17)20-13(21-11)10-3-5-18-6-4-10/h3-6,9,19H,7-8H2,1-2H3. The molecule has 7 heteroatoms. The molecule has 21 heavy (non-hydrogen) atoms. The van der Waals surface area contributed by atoms with Crippen molar-refractivity contribution in [3.05, 3.63) is 35.1 Å². The highest BCUT2D eigenvalue weighted by Gasteiger charge is 2.37. The number of alkyl halides is 3. The van der Waals surface area contributed by atoms with Gasteiger partial charge in [-0.1, -0.05) is 13.8 Å². The van der Waals surface area contributed by atoms with E-state index in [1.807, 2.05) is 13.8 Å². The third-order valence-electron chi connectivity index (χ3n) is 2.73. The molecule has 2 aromatic heterocycles. The van der Waals surface area contributed by atoms with E-state index in [0.29, 0.717) is 23.0 Å². The summed E-state index contributed by atoms with van der Waals surface area (Å²) in [6.45, 7) is 4.86. The topological polar surface area (TPSA) is 37.8 Å². The molecular weight excluding hydrogens is 299 g/mol. The van der Waals surface area contributed by atoms with Gasteiger partial charge in [-0.15, -0.1) is 11.3 Å². The monoisotopic (exact) mass is 315 g/mol. The molecule has 0 aliphatic heterocycles. The lowest BCUT2D eigenvalue weighted by Crippen LogP contribution is -2.20. The zero-order chi connectivity index (χ0) is 15.5. The Morgan fingerprint density at radius 3 is 2.48 bits per heavy atom. The maximum atomic E-state index is 13.1. The van der Waals surface area contributed by atoms with Crippen molar-refractivity contribution in [3.63, 3.8) is 0 Å². The lowest BCUT2D eigenvalue weighted by Gasteiger charge is -2.08. The molecule has 0 spiro atoms. The predicted octanol–water partition coefficient (Wildman–Crippen LogP) is 3.97. The van der Waals surface area contributed by atoms with E-state index in [-0.39, 0.29) is 11.4 Å². The van der Waals surface area contributed by atoms with Gasteiger partial charge in [-0.05, 0) is 24.6 Å². The van der Waals surface area contributed by atoms with Gasteiger partial charge in [0.05, 0.1) is 4.88 Å². The summed E-state index contributed by atoms with van der Waals surface area (Å²) in [6.07, 6.45) is -1.35. The second-order valence-electron chi connectivity index (χ2n) is 5.05. The average molecular weight is 315 g/mol. The van der Waals surface area contributed by atoms with E-state index in [2.05, 4.69) is 15.3 Å². The van der Waals surface area contributed by atoms with Crippen LogP contribution in [0, 0.1) is 5.92 Å². The summed E-state index contributed by atoms with van der Waals surface area (Å²) in [5.74, 6) is 0.381. The first kappa shape index (κ1) is 15.9. The molecule has 0 fully saturated rings. The highest BCUT2D eigenvalue weighted by atomic mass is 32.1. The summed E-state index contributed by atoms with van der Waals surface area (Å²) >= 11 is 1.07. The molecule has 0 bridgehead atoms. The smallest absolute Gasteiger partial charge is 0.312 e. The summed E-state index contributed by atoms with van der Waals surface area (Å²) in [7, 11) is 0. The second kappa shape index (κ2) is 6.53. The maximum Gasteiger partial charge on any atom is 0.434 e. The molecule has 2 aromatic rings. The number of hydrogen-bond acceptors (Lipinski definition) is 4. The van der Waals surface area contributed by atoms with Gasteiger partial charge in [-0.3, -0.25) is 4.98 Å². The number of nitrogens with zero attached hydrogens (tertiary/aromatic N) is 2. The number of hydrogen-bond donors (Lipinski definition) is 1. The van der Waals surface area contributed by atoms with Crippen LogP contribution in [0.25, 0.3) is 10.6 Å². The molecule has 0 amide bonds. The Bertz CT molecular complexity index is 579. The third-order valence-corrected chi connectivity index (χ3v) is 3.84. The van der Waals surface area contributed by atoms with Crippen molar-refractivity contribution in [2.45, 2.75) is 26.6 Å². The van der Waals surface area contributed by atoms with Crippen LogP contribution in [0.5, 0.6) is 0 Å². The molecule has 2 heterocycles. The number of aromatic nitrogens is 2. The SMILES string of the molecule is CC(C)CNCc1sc(-c2ccncc2)nc1C(F)(F)F. The number of halogens is 3. The fourth-order valence-electron chi connectivity index (χ4n) is 1.79. The van der Waals surface area contributed by atoms with Crippen LogP contribution in [0.2, 0.25) is 0 Å². The molecule has 0 aliphatic carbocycles. The molecule has 0 radical (unpaired) electrons. The zero-order valence-corrected chi connectivity index (χ0v) is 12.6. The van der Waals surface area contributed by atoms with E-state index >= 15 is 0 Å². The van der Waals surface area contributed by atoms with E-state index in [4.69, 9.17) is 0 Å². The van der Waals surface area contributed by atoms with E-state index in [1.165, 1.54) is 0 Å². The molecule has 0 aliphatic rings. The molecule has 0 saturated heterocycles. The van der Waals surface area contributed by atoms with Gasteiger partial charge < -0.3 is 5.32 Å². The highest BCUT2D eigenvalue weighted by Crippen LogP contribution is 2.37. The lowest BCUT2D eigenvalue weighted by molar-refractivity contribution is -0.141. The fourth-order valence-corrected chi connectivity index (χ4v) is 2.84. The van der Waals surface area contributed by atoms with Crippen LogP contribution in [0.1, 0.15) is 24.4 Å². The fraction of sp³-hybridized carbons (Fsp3) is 0.429. The van der Waals surface area contributed by atoms with Crippen molar-refractivity contribution < 1.29 is 13.2 Å². The first-order chi connectivity index (χ1) is 9.88. The van der Waals surface area contributed by atoms with Crippen molar-refractivity contribution in [2.75, 3.05) is 6.54 Å². The van der Waals surface area contributed by atoms with Gasteiger partial charge in [0, 0.05) is 24.5 Å². The van der Waals surface area contributed by atoms with Crippen LogP contribution in [-0.4, -0.2) is 16.5 Å². The van der Waals surface area contributed by atoms with Crippen LogP contribution in [0.15, 0.2) is 24.5 Å².